The SMILES string of the molecule is C=C/C=C(Br)\C=C(\C)CC. The van der Waals surface area contributed by atoms with E-state index in [1.54, 1.807) is 6.08 Å². The van der Waals surface area contributed by atoms with Crippen LogP contribution in [0.1, 0.15) is 20.3 Å². The summed E-state index contributed by atoms with van der Waals surface area (Å²) in [5.74, 6) is 0. The van der Waals surface area contributed by atoms with E-state index in [1.165, 1.54) is 5.57 Å². The molecule has 0 saturated heterocycles. The van der Waals surface area contributed by atoms with Crippen molar-refractivity contribution in [2.45, 2.75) is 20.3 Å². The van der Waals surface area contributed by atoms with Crippen molar-refractivity contribution in [2.24, 2.45) is 0 Å². The fourth-order valence-electron chi connectivity index (χ4n) is 0.498. The fourth-order valence-corrected chi connectivity index (χ4v) is 1.08. The molecule has 0 fully saturated rings. The highest BCUT2D eigenvalue weighted by Gasteiger charge is 1.84. The predicted molar refractivity (Wildman–Crippen MR) is 51.3 cm³/mol. The van der Waals surface area contributed by atoms with Crippen molar-refractivity contribution in [3.8, 4) is 0 Å². The average Bonchev–Trinajstić information content (AvgIpc) is 1.88. The van der Waals surface area contributed by atoms with Crippen molar-refractivity contribution >= 4 is 15.9 Å². The Morgan fingerprint density at radius 2 is 2.20 bits per heavy atom. The fraction of sp³-hybridized carbons (Fsp3) is 0.333. The zero-order valence-electron chi connectivity index (χ0n) is 6.52. The molecule has 0 aliphatic carbocycles. The molecule has 1 heteroatoms. The summed E-state index contributed by atoms with van der Waals surface area (Å²) in [6, 6.07) is 0. The van der Waals surface area contributed by atoms with E-state index in [0.29, 0.717) is 0 Å². The number of hydrogen-bond acceptors (Lipinski definition) is 0. The minimum Gasteiger partial charge on any atom is -0.0990 e. The first-order chi connectivity index (χ1) is 4.70. The maximum atomic E-state index is 3.60. The van der Waals surface area contributed by atoms with Gasteiger partial charge in [-0.15, -0.1) is 0 Å². The van der Waals surface area contributed by atoms with Gasteiger partial charge in [0.1, 0.15) is 0 Å². The third-order valence-electron chi connectivity index (χ3n) is 1.22. The first-order valence-corrected chi connectivity index (χ1v) is 4.15. The van der Waals surface area contributed by atoms with Gasteiger partial charge in [-0.1, -0.05) is 41.1 Å². The number of hydrogen-bond donors (Lipinski definition) is 0. The van der Waals surface area contributed by atoms with Gasteiger partial charge in [-0.3, -0.25) is 0 Å². The zero-order chi connectivity index (χ0) is 7.98. The quantitative estimate of drug-likeness (QED) is 0.609. The van der Waals surface area contributed by atoms with Gasteiger partial charge in [-0.2, -0.15) is 0 Å². The van der Waals surface area contributed by atoms with Gasteiger partial charge in [-0.05, 0) is 25.5 Å². The third kappa shape index (κ3) is 4.57. The second-order valence-corrected chi connectivity index (χ2v) is 3.05. The molecular weight excluding hydrogens is 188 g/mol. The molecule has 0 aromatic heterocycles. The van der Waals surface area contributed by atoms with Crippen molar-refractivity contribution in [2.75, 3.05) is 0 Å². The van der Waals surface area contributed by atoms with Crippen LogP contribution in [-0.2, 0) is 0 Å². The van der Waals surface area contributed by atoms with Crippen LogP contribution in [0.3, 0.4) is 0 Å². The Kier molecular flexibility index (Phi) is 5.32. The van der Waals surface area contributed by atoms with Crippen LogP contribution < -0.4 is 0 Å². The lowest BCUT2D eigenvalue weighted by Crippen LogP contribution is -1.70. The summed E-state index contributed by atoms with van der Waals surface area (Å²) >= 11 is 3.39. The van der Waals surface area contributed by atoms with Crippen LogP contribution in [0.4, 0.5) is 0 Å². The lowest BCUT2D eigenvalue weighted by Gasteiger charge is -1.92. The Hall–Kier alpha value is -0.300. The van der Waals surface area contributed by atoms with Crippen LogP contribution in [0.2, 0.25) is 0 Å². The molecular formula is C9H13Br. The largest absolute Gasteiger partial charge is 0.0990 e. The van der Waals surface area contributed by atoms with Gasteiger partial charge < -0.3 is 0 Å². The molecule has 0 rings (SSSR count). The zero-order valence-corrected chi connectivity index (χ0v) is 8.11. The van der Waals surface area contributed by atoms with Crippen LogP contribution >= 0.6 is 15.9 Å². The van der Waals surface area contributed by atoms with E-state index in [0.717, 1.165) is 10.9 Å². The smallest absolute Gasteiger partial charge is 0.0174 e. The van der Waals surface area contributed by atoms with Crippen LogP contribution in [0.5, 0.6) is 0 Å². The Morgan fingerprint density at radius 1 is 1.60 bits per heavy atom. The van der Waals surface area contributed by atoms with Crippen LogP contribution in [0.15, 0.2) is 34.9 Å². The molecule has 0 unspecified atom stereocenters. The van der Waals surface area contributed by atoms with Gasteiger partial charge in [0.05, 0.1) is 0 Å². The second kappa shape index (κ2) is 5.48. The van der Waals surface area contributed by atoms with Gasteiger partial charge in [0, 0.05) is 4.48 Å². The van der Waals surface area contributed by atoms with E-state index in [1.807, 2.05) is 6.08 Å². The highest BCUT2D eigenvalue weighted by atomic mass is 79.9. The molecule has 0 heterocycles. The van der Waals surface area contributed by atoms with Crippen molar-refractivity contribution in [3.63, 3.8) is 0 Å². The molecule has 10 heavy (non-hydrogen) atoms. The van der Waals surface area contributed by atoms with Crippen molar-refractivity contribution < 1.29 is 0 Å². The second-order valence-electron chi connectivity index (χ2n) is 2.13. The van der Waals surface area contributed by atoms with E-state index >= 15 is 0 Å². The summed E-state index contributed by atoms with van der Waals surface area (Å²) in [7, 11) is 0. The molecule has 0 N–H and O–H groups in total. The van der Waals surface area contributed by atoms with Gasteiger partial charge in [0.15, 0.2) is 0 Å². The van der Waals surface area contributed by atoms with Gasteiger partial charge in [0.25, 0.3) is 0 Å². The highest BCUT2D eigenvalue weighted by Crippen LogP contribution is 2.11. The number of allylic oxidation sites excluding steroid dienone is 5. The molecule has 56 valence electrons. The normalized spacial score (nSPS) is 13.5. The van der Waals surface area contributed by atoms with Crippen LogP contribution in [0.25, 0.3) is 0 Å². The van der Waals surface area contributed by atoms with Crippen molar-refractivity contribution in [3.05, 3.63) is 34.9 Å². The first kappa shape index (κ1) is 9.70. The van der Waals surface area contributed by atoms with E-state index in [9.17, 15) is 0 Å². The Bertz CT molecular complexity index is 164. The van der Waals surface area contributed by atoms with Crippen molar-refractivity contribution in [1.82, 2.24) is 0 Å². The molecule has 0 aliphatic rings. The number of rotatable bonds is 3. The van der Waals surface area contributed by atoms with Gasteiger partial charge in [0.2, 0.25) is 0 Å². The molecule has 0 nitrogen and oxygen atoms in total. The Morgan fingerprint density at radius 3 is 2.60 bits per heavy atom. The summed E-state index contributed by atoms with van der Waals surface area (Å²) in [5, 5.41) is 0. The summed E-state index contributed by atoms with van der Waals surface area (Å²) < 4.78 is 1.09. The lowest BCUT2D eigenvalue weighted by atomic mass is 10.2. The van der Waals surface area contributed by atoms with Gasteiger partial charge >= 0.3 is 0 Å². The minimum atomic E-state index is 1.09. The summed E-state index contributed by atoms with van der Waals surface area (Å²) in [4.78, 5) is 0. The Balaban J connectivity index is 4.11. The minimum absolute atomic E-state index is 1.09. The van der Waals surface area contributed by atoms with E-state index < -0.39 is 0 Å². The Labute approximate surface area is 71.5 Å². The standard InChI is InChI=1S/C9H13Br/c1-4-6-9(10)7-8(3)5-2/h4,6-7H,1,5H2,2-3H3/b8-7-,9-6+. The summed E-state index contributed by atoms with van der Waals surface area (Å²) in [5.41, 5.74) is 1.37. The lowest BCUT2D eigenvalue weighted by molar-refractivity contribution is 1.10. The molecule has 0 aromatic rings. The first-order valence-electron chi connectivity index (χ1n) is 3.36. The van der Waals surface area contributed by atoms with E-state index in [2.05, 4.69) is 42.4 Å². The maximum absolute atomic E-state index is 3.60. The average molecular weight is 201 g/mol. The number of halogens is 1. The molecule has 0 radical (unpaired) electrons. The van der Waals surface area contributed by atoms with Crippen LogP contribution in [0, 0.1) is 0 Å². The summed E-state index contributed by atoms with van der Waals surface area (Å²) in [6.45, 7) is 7.85. The monoisotopic (exact) mass is 200 g/mol. The topological polar surface area (TPSA) is 0 Å². The summed E-state index contributed by atoms with van der Waals surface area (Å²) in [6.07, 6.45) is 6.89. The molecule has 0 atom stereocenters. The molecule has 0 bridgehead atoms. The third-order valence-corrected chi connectivity index (χ3v) is 1.71. The molecule has 0 spiro atoms. The molecule has 0 amide bonds. The van der Waals surface area contributed by atoms with Crippen molar-refractivity contribution in [1.29, 1.82) is 0 Å². The van der Waals surface area contributed by atoms with E-state index in [4.69, 9.17) is 0 Å². The predicted octanol–water partition coefficient (Wildman–Crippen LogP) is 3.81. The van der Waals surface area contributed by atoms with E-state index in [-0.39, 0.29) is 0 Å². The molecule has 0 aliphatic heterocycles. The molecule has 0 saturated carbocycles. The molecule has 0 aromatic carbocycles. The highest BCUT2D eigenvalue weighted by molar-refractivity contribution is 9.11. The van der Waals surface area contributed by atoms with Gasteiger partial charge in [-0.25, -0.2) is 0 Å². The van der Waals surface area contributed by atoms with Crippen LogP contribution in [-0.4, -0.2) is 0 Å². The maximum Gasteiger partial charge on any atom is 0.0174 e.